The van der Waals surface area contributed by atoms with Crippen LogP contribution in [0.2, 0.25) is 0 Å². The molecule has 1 aliphatic heterocycles. The number of nitrogens with one attached hydrogen (secondary N) is 1. The second-order valence-electron chi connectivity index (χ2n) is 5.69. The maximum atomic E-state index is 9.43. The van der Waals surface area contributed by atoms with Crippen LogP contribution in [0.4, 0.5) is 5.82 Å². The summed E-state index contributed by atoms with van der Waals surface area (Å²) in [6, 6.07) is 9.75. The van der Waals surface area contributed by atoms with Crippen molar-refractivity contribution in [2.75, 3.05) is 11.9 Å². The first-order chi connectivity index (χ1) is 11.9. The molecule has 0 amide bonds. The van der Waals surface area contributed by atoms with Gasteiger partial charge in [0.1, 0.15) is 23.3 Å². The summed E-state index contributed by atoms with van der Waals surface area (Å²) in [5.74, 6) is 0.954. The smallest absolute Gasteiger partial charge is 0.133 e. The summed E-state index contributed by atoms with van der Waals surface area (Å²) in [6.07, 6.45) is 8.20. The van der Waals surface area contributed by atoms with Crippen molar-refractivity contribution in [2.24, 2.45) is 0 Å². The molecule has 0 aliphatic carbocycles. The van der Waals surface area contributed by atoms with E-state index in [1.807, 2.05) is 28.9 Å². The highest BCUT2D eigenvalue weighted by Crippen LogP contribution is 2.33. The topological polar surface area (TPSA) is 79.4 Å². The van der Waals surface area contributed by atoms with E-state index in [4.69, 9.17) is 5.10 Å². The standard InChI is InChI=1S/C18H16N6/c19-11-13-5-1-2-7-16(13)24-18-14(6-3-4-8-22-18)17(23-24)15-12-20-9-10-21-15/h1-2,5,7,9-10,12,22H,3-4,6,8H2. The van der Waals surface area contributed by atoms with Crippen molar-refractivity contribution in [3.05, 3.63) is 54.0 Å². The molecule has 0 spiro atoms. The monoisotopic (exact) mass is 316 g/mol. The number of benzene rings is 1. The zero-order valence-electron chi connectivity index (χ0n) is 13.1. The van der Waals surface area contributed by atoms with Gasteiger partial charge in [0, 0.05) is 24.5 Å². The second kappa shape index (κ2) is 6.13. The van der Waals surface area contributed by atoms with Gasteiger partial charge in [-0.25, -0.2) is 4.68 Å². The third-order valence-corrected chi connectivity index (χ3v) is 4.19. The van der Waals surface area contributed by atoms with Gasteiger partial charge in [0.2, 0.25) is 0 Å². The average Bonchev–Trinajstić information content (AvgIpc) is 2.83. The lowest BCUT2D eigenvalue weighted by Gasteiger charge is -2.10. The van der Waals surface area contributed by atoms with E-state index in [1.165, 1.54) is 0 Å². The molecule has 24 heavy (non-hydrogen) atoms. The molecule has 0 bridgehead atoms. The van der Waals surface area contributed by atoms with Gasteiger partial charge in [-0.1, -0.05) is 12.1 Å². The molecular weight excluding hydrogens is 300 g/mol. The summed E-state index contributed by atoms with van der Waals surface area (Å²) in [6.45, 7) is 0.896. The lowest BCUT2D eigenvalue weighted by molar-refractivity contribution is 0.779. The van der Waals surface area contributed by atoms with E-state index in [-0.39, 0.29) is 0 Å². The summed E-state index contributed by atoms with van der Waals surface area (Å²) in [5.41, 5.74) is 4.10. The Morgan fingerprint density at radius 1 is 1.17 bits per heavy atom. The number of anilines is 1. The van der Waals surface area contributed by atoms with E-state index in [0.29, 0.717) is 5.56 Å². The average molecular weight is 316 g/mol. The number of rotatable bonds is 2. The van der Waals surface area contributed by atoms with Crippen LogP contribution < -0.4 is 5.32 Å². The molecule has 3 aromatic rings. The second-order valence-corrected chi connectivity index (χ2v) is 5.69. The van der Waals surface area contributed by atoms with Gasteiger partial charge in [0.25, 0.3) is 0 Å². The normalized spacial score (nSPS) is 13.5. The summed E-state index contributed by atoms with van der Waals surface area (Å²) in [7, 11) is 0. The van der Waals surface area contributed by atoms with Crippen molar-refractivity contribution in [3.8, 4) is 23.1 Å². The largest absolute Gasteiger partial charge is 0.370 e. The van der Waals surface area contributed by atoms with Crippen molar-refractivity contribution in [2.45, 2.75) is 19.3 Å². The molecule has 0 saturated carbocycles. The molecule has 0 atom stereocenters. The maximum Gasteiger partial charge on any atom is 0.133 e. The minimum absolute atomic E-state index is 0.597. The predicted octanol–water partition coefficient (Wildman–Crippen LogP) is 2.95. The summed E-state index contributed by atoms with van der Waals surface area (Å²) < 4.78 is 1.84. The Labute approximate surface area is 139 Å². The van der Waals surface area contributed by atoms with Crippen LogP contribution in [0.1, 0.15) is 24.0 Å². The summed E-state index contributed by atoms with van der Waals surface area (Å²) >= 11 is 0. The Morgan fingerprint density at radius 2 is 2.08 bits per heavy atom. The first-order valence-corrected chi connectivity index (χ1v) is 8.00. The van der Waals surface area contributed by atoms with Crippen LogP contribution in [0, 0.1) is 11.3 Å². The first-order valence-electron chi connectivity index (χ1n) is 8.00. The Hall–Kier alpha value is -3.20. The lowest BCUT2D eigenvalue weighted by atomic mass is 10.1. The van der Waals surface area contributed by atoms with Crippen LogP contribution in [0.5, 0.6) is 0 Å². The van der Waals surface area contributed by atoms with Gasteiger partial charge in [-0.05, 0) is 31.4 Å². The van der Waals surface area contributed by atoms with Crippen LogP contribution in [0.3, 0.4) is 0 Å². The van der Waals surface area contributed by atoms with E-state index in [2.05, 4.69) is 21.4 Å². The number of nitriles is 1. The van der Waals surface area contributed by atoms with Crippen LogP contribution in [0.15, 0.2) is 42.9 Å². The molecule has 6 heteroatoms. The molecule has 3 heterocycles. The van der Waals surface area contributed by atoms with E-state index in [0.717, 1.165) is 54.3 Å². The Kier molecular flexibility index (Phi) is 3.67. The van der Waals surface area contributed by atoms with Crippen molar-refractivity contribution in [1.29, 1.82) is 5.26 Å². The van der Waals surface area contributed by atoms with Gasteiger partial charge < -0.3 is 5.32 Å². The van der Waals surface area contributed by atoms with Gasteiger partial charge >= 0.3 is 0 Å². The molecular formula is C18H16N6. The van der Waals surface area contributed by atoms with Crippen molar-refractivity contribution in [3.63, 3.8) is 0 Å². The van der Waals surface area contributed by atoms with Crippen LogP contribution >= 0.6 is 0 Å². The van der Waals surface area contributed by atoms with Gasteiger partial charge in [0.15, 0.2) is 0 Å². The van der Waals surface area contributed by atoms with Crippen molar-refractivity contribution < 1.29 is 0 Å². The molecule has 0 radical (unpaired) electrons. The number of hydrogen-bond acceptors (Lipinski definition) is 5. The highest BCUT2D eigenvalue weighted by Gasteiger charge is 2.23. The summed E-state index contributed by atoms with van der Waals surface area (Å²) in [4.78, 5) is 8.57. The molecule has 4 rings (SSSR count). The molecule has 0 fully saturated rings. The fraction of sp³-hybridized carbons (Fsp3) is 0.222. The number of hydrogen-bond donors (Lipinski definition) is 1. The fourth-order valence-electron chi connectivity index (χ4n) is 3.06. The third-order valence-electron chi connectivity index (χ3n) is 4.19. The molecule has 1 N–H and O–H groups in total. The minimum Gasteiger partial charge on any atom is -0.370 e. The molecule has 118 valence electrons. The van der Waals surface area contributed by atoms with Crippen LogP contribution in [-0.4, -0.2) is 26.3 Å². The van der Waals surface area contributed by atoms with E-state index >= 15 is 0 Å². The van der Waals surface area contributed by atoms with Crippen LogP contribution in [0.25, 0.3) is 17.1 Å². The first kappa shape index (κ1) is 14.4. The molecule has 1 aliphatic rings. The third kappa shape index (κ3) is 2.40. The molecule has 2 aromatic heterocycles. The quantitative estimate of drug-likeness (QED) is 0.786. The number of fused-ring (bicyclic) bond motifs is 1. The number of aromatic nitrogens is 4. The Balaban J connectivity index is 1.95. The SMILES string of the molecule is N#Cc1ccccc1-n1nc(-c2cnccn2)c2c1NCCCC2. The summed E-state index contributed by atoms with van der Waals surface area (Å²) in [5, 5.41) is 17.7. The molecule has 1 aromatic carbocycles. The van der Waals surface area contributed by atoms with Crippen molar-refractivity contribution >= 4 is 5.82 Å². The number of nitrogens with zero attached hydrogens (tertiary/aromatic N) is 5. The van der Waals surface area contributed by atoms with Gasteiger partial charge in [-0.15, -0.1) is 0 Å². The highest BCUT2D eigenvalue weighted by atomic mass is 15.3. The lowest BCUT2D eigenvalue weighted by Crippen LogP contribution is -2.08. The fourth-order valence-corrected chi connectivity index (χ4v) is 3.06. The van der Waals surface area contributed by atoms with E-state index in [9.17, 15) is 5.26 Å². The zero-order chi connectivity index (χ0) is 16.4. The minimum atomic E-state index is 0.597. The van der Waals surface area contributed by atoms with E-state index in [1.54, 1.807) is 18.6 Å². The Morgan fingerprint density at radius 3 is 2.92 bits per heavy atom. The van der Waals surface area contributed by atoms with Gasteiger partial charge in [0.05, 0.1) is 17.4 Å². The van der Waals surface area contributed by atoms with Crippen LogP contribution in [-0.2, 0) is 6.42 Å². The predicted molar refractivity (Wildman–Crippen MR) is 90.7 cm³/mol. The highest BCUT2D eigenvalue weighted by molar-refractivity contribution is 5.69. The maximum absolute atomic E-state index is 9.43. The van der Waals surface area contributed by atoms with Crippen molar-refractivity contribution in [1.82, 2.24) is 19.7 Å². The molecule has 6 nitrogen and oxygen atoms in total. The number of para-hydroxylation sites is 1. The van der Waals surface area contributed by atoms with E-state index < -0.39 is 0 Å². The van der Waals surface area contributed by atoms with Gasteiger partial charge in [-0.2, -0.15) is 10.4 Å². The van der Waals surface area contributed by atoms with Gasteiger partial charge in [-0.3, -0.25) is 9.97 Å². The molecule has 0 saturated heterocycles. The Bertz CT molecular complexity index is 907. The molecule has 0 unspecified atom stereocenters. The zero-order valence-corrected chi connectivity index (χ0v) is 13.1.